The minimum absolute atomic E-state index is 0.00526. The molecule has 1 atom stereocenters. The van der Waals surface area contributed by atoms with Gasteiger partial charge in [-0.15, -0.1) is 11.3 Å². The third-order valence-corrected chi connectivity index (χ3v) is 6.48. The van der Waals surface area contributed by atoms with Crippen LogP contribution in [0, 0.1) is 0 Å². The van der Waals surface area contributed by atoms with Crippen molar-refractivity contribution in [3.05, 3.63) is 86.6 Å². The van der Waals surface area contributed by atoms with Crippen LogP contribution in [0.3, 0.4) is 0 Å². The zero-order chi connectivity index (χ0) is 21.8. The number of rotatable bonds is 5. The van der Waals surface area contributed by atoms with E-state index in [1.165, 1.54) is 23.6 Å². The molecule has 0 saturated heterocycles. The summed E-state index contributed by atoms with van der Waals surface area (Å²) in [5, 5.41) is 2.51. The average molecular weight is 456 g/mol. The van der Waals surface area contributed by atoms with Crippen molar-refractivity contribution in [3.63, 3.8) is 0 Å². The number of benzene rings is 2. The van der Waals surface area contributed by atoms with E-state index in [1.807, 2.05) is 18.2 Å². The van der Waals surface area contributed by atoms with E-state index >= 15 is 0 Å². The Morgan fingerprint density at radius 2 is 1.97 bits per heavy atom. The molecule has 1 aromatic heterocycles. The molecule has 1 aliphatic heterocycles. The van der Waals surface area contributed by atoms with Crippen molar-refractivity contribution in [3.8, 4) is 5.75 Å². The lowest BCUT2D eigenvalue weighted by atomic mass is 9.93. The number of carbonyl (C=O) groups excluding carboxylic acids is 2. The quantitative estimate of drug-likeness (QED) is 0.574. The van der Waals surface area contributed by atoms with Crippen molar-refractivity contribution in [2.24, 2.45) is 0 Å². The van der Waals surface area contributed by atoms with Crippen LogP contribution in [0.1, 0.15) is 32.4 Å². The number of fused-ring (bicyclic) bond motifs is 1. The van der Waals surface area contributed by atoms with Gasteiger partial charge in [0.25, 0.3) is 11.8 Å². The first-order chi connectivity index (χ1) is 15.1. The van der Waals surface area contributed by atoms with Crippen LogP contribution < -0.4 is 15.6 Å². The number of carbonyl (C=O) groups is 2. The van der Waals surface area contributed by atoms with E-state index in [2.05, 4.69) is 39.3 Å². The fraction of sp³-hybridized carbons (Fsp3) is 0.217. The molecule has 2 N–H and O–H groups in total. The Labute approximate surface area is 189 Å². The van der Waals surface area contributed by atoms with Crippen LogP contribution in [0.15, 0.2) is 60.0 Å². The second-order valence-corrected chi connectivity index (χ2v) is 8.62. The summed E-state index contributed by atoms with van der Waals surface area (Å²) in [6.07, 6.45) is 0.898. The predicted molar refractivity (Wildman–Crippen MR) is 121 cm³/mol. The highest BCUT2D eigenvalue weighted by Gasteiger charge is 2.30. The number of hydrazine groups is 1. The number of thiophene rings is 1. The van der Waals surface area contributed by atoms with Crippen LogP contribution in [0.5, 0.6) is 5.75 Å². The van der Waals surface area contributed by atoms with E-state index in [0.717, 1.165) is 18.5 Å². The van der Waals surface area contributed by atoms with Crippen LogP contribution in [0.25, 0.3) is 0 Å². The highest BCUT2D eigenvalue weighted by molar-refractivity contribution is 7.10. The molecule has 0 unspecified atom stereocenters. The summed E-state index contributed by atoms with van der Waals surface area (Å²) in [7, 11) is 1.47. The van der Waals surface area contributed by atoms with Gasteiger partial charge in [0.15, 0.2) is 0 Å². The first-order valence-corrected chi connectivity index (χ1v) is 11.1. The summed E-state index contributed by atoms with van der Waals surface area (Å²) in [4.78, 5) is 28.7. The maximum atomic E-state index is 12.7. The zero-order valence-electron chi connectivity index (χ0n) is 16.9. The third kappa shape index (κ3) is 4.74. The Balaban J connectivity index is 1.44. The van der Waals surface area contributed by atoms with Gasteiger partial charge in [-0.1, -0.05) is 41.9 Å². The molecule has 4 rings (SSSR count). The number of halogens is 1. The molecule has 2 amide bonds. The first-order valence-electron chi connectivity index (χ1n) is 9.85. The van der Waals surface area contributed by atoms with Crippen molar-refractivity contribution in [2.45, 2.75) is 12.5 Å². The maximum absolute atomic E-state index is 12.7. The molecular weight excluding hydrogens is 434 g/mol. The second kappa shape index (κ2) is 9.51. The molecule has 0 radical (unpaired) electrons. The number of nitrogens with one attached hydrogen (secondary N) is 2. The molecule has 0 bridgehead atoms. The molecule has 3 aromatic rings. The van der Waals surface area contributed by atoms with Gasteiger partial charge in [-0.05, 0) is 47.2 Å². The lowest BCUT2D eigenvalue weighted by Crippen LogP contribution is -2.48. The van der Waals surface area contributed by atoms with Gasteiger partial charge in [0.1, 0.15) is 5.75 Å². The second-order valence-electron chi connectivity index (χ2n) is 7.18. The van der Waals surface area contributed by atoms with Gasteiger partial charge in [-0.3, -0.25) is 25.3 Å². The monoisotopic (exact) mass is 455 g/mol. The van der Waals surface area contributed by atoms with E-state index in [1.54, 1.807) is 23.5 Å². The number of ether oxygens (including phenoxy) is 1. The molecule has 6 nitrogen and oxygen atoms in total. The minimum atomic E-state index is -0.494. The van der Waals surface area contributed by atoms with Crippen LogP contribution in [0.4, 0.5) is 0 Å². The van der Waals surface area contributed by atoms with Crippen LogP contribution >= 0.6 is 22.9 Å². The van der Waals surface area contributed by atoms with Crippen LogP contribution in [0.2, 0.25) is 5.02 Å². The summed E-state index contributed by atoms with van der Waals surface area (Å²) in [6, 6.07) is 17.0. The molecule has 8 heteroatoms. The summed E-state index contributed by atoms with van der Waals surface area (Å²) in [5.41, 5.74) is 7.60. The molecule has 2 aromatic carbocycles. The number of methoxy groups -OCH3 is 1. The minimum Gasteiger partial charge on any atom is -0.496 e. The SMILES string of the molecule is COc1ccc(Cl)cc1C(=O)NNC(=O)CN1CCc2sccc2[C@H]1c1ccccc1. The molecule has 2 heterocycles. The van der Waals surface area contributed by atoms with Crippen molar-refractivity contribution in [1.29, 1.82) is 0 Å². The van der Waals surface area contributed by atoms with Gasteiger partial charge in [0.05, 0.1) is 25.3 Å². The standard InChI is InChI=1S/C23H22ClN3O3S/c1-30-19-8-7-16(24)13-18(19)23(29)26-25-21(28)14-27-11-9-20-17(10-12-31-20)22(27)15-5-3-2-4-6-15/h2-8,10,12-13,22H,9,11,14H2,1H3,(H,25,28)(H,26,29)/t22-/m1/s1. The molecule has 0 spiro atoms. The maximum Gasteiger partial charge on any atom is 0.273 e. The summed E-state index contributed by atoms with van der Waals surface area (Å²) in [5.74, 6) is -0.415. The first kappa shape index (κ1) is 21.4. The fourth-order valence-corrected chi connectivity index (χ4v) is 4.92. The van der Waals surface area contributed by atoms with Crippen molar-refractivity contribution in [2.75, 3.05) is 20.2 Å². The van der Waals surface area contributed by atoms with Gasteiger partial charge in [0.2, 0.25) is 0 Å². The van der Waals surface area contributed by atoms with Gasteiger partial charge in [0, 0.05) is 16.4 Å². The van der Waals surface area contributed by atoms with Crippen molar-refractivity contribution < 1.29 is 14.3 Å². The number of nitrogens with zero attached hydrogens (tertiary/aromatic N) is 1. The normalized spacial score (nSPS) is 15.7. The number of hydrogen-bond donors (Lipinski definition) is 2. The van der Waals surface area contributed by atoms with Crippen LogP contribution in [-0.2, 0) is 11.2 Å². The Morgan fingerprint density at radius 3 is 2.74 bits per heavy atom. The van der Waals surface area contributed by atoms with Crippen LogP contribution in [-0.4, -0.2) is 36.9 Å². The fourth-order valence-electron chi connectivity index (χ4n) is 3.84. The van der Waals surface area contributed by atoms with E-state index in [-0.39, 0.29) is 24.1 Å². The van der Waals surface area contributed by atoms with E-state index < -0.39 is 5.91 Å². The molecule has 0 aliphatic carbocycles. The molecule has 160 valence electrons. The van der Waals surface area contributed by atoms with Gasteiger partial charge in [-0.2, -0.15) is 0 Å². The molecule has 0 saturated carbocycles. The van der Waals surface area contributed by atoms with Crippen molar-refractivity contribution in [1.82, 2.24) is 15.8 Å². The third-order valence-electron chi connectivity index (χ3n) is 5.25. The van der Waals surface area contributed by atoms with Gasteiger partial charge >= 0.3 is 0 Å². The number of amides is 2. The summed E-state index contributed by atoms with van der Waals surface area (Å²) in [6.45, 7) is 0.915. The Hall–Kier alpha value is -2.87. The molecular formula is C23H22ClN3O3S. The summed E-state index contributed by atoms with van der Waals surface area (Å²) < 4.78 is 5.20. The number of hydrogen-bond acceptors (Lipinski definition) is 5. The summed E-state index contributed by atoms with van der Waals surface area (Å²) >= 11 is 7.74. The average Bonchev–Trinajstić information content (AvgIpc) is 3.26. The van der Waals surface area contributed by atoms with E-state index in [9.17, 15) is 9.59 Å². The Bertz CT molecular complexity index is 1090. The lowest BCUT2D eigenvalue weighted by molar-refractivity contribution is -0.123. The molecule has 1 aliphatic rings. The highest BCUT2D eigenvalue weighted by Crippen LogP contribution is 2.37. The zero-order valence-corrected chi connectivity index (χ0v) is 18.5. The van der Waals surface area contributed by atoms with E-state index in [4.69, 9.17) is 16.3 Å². The van der Waals surface area contributed by atoms with E-state index in [0.29, 0.717) is 10.8 Å². The van der Waals surface area contributed by atoms with Crippen molar-refractivity contribution >= 4 is 34.8 Å². The predicted octanol–water partition coefficient (Wildman–Crippen LogP) is 3.82. The Kier molecular flexibility index (Phi) is 6.56. The van der Waals surface area contributed by atoms with Gasteiger partial charge in [-0.25, -0.2) is 0 Å². The highest BCUT2D eigenvalue weighted by atomic mass is 35.5. The van der Waals surface area contributed by atoms with Gasteiger partial charge < -0.3 is 4.74 Å². The largest absolute Gasteiger partial charge is 0.496 e. The Morgan fingerprint density at radius 1 is 1.16 bits per heavy atom. The topological polar surface area (TPSA) is 70.7 Å². The molecule has 0 fully saturated rings. The lowest BCUT2D eigenvalue weighted by Gasteiger charge is -2.35. The molecule has 31 heavy (non-hydrogen) atoms. The smallest absolute Gasteiger partial charge is 0.273 e.